The second-order valence-electron chi connectivity index (χ2n) is 29.6. The smallest absolute Gasteiger partial charge is 0.315 e. The second kappa shape index (κ2) is 26.8. The standard InChI is InChI=1S/C63H100O29/c1-24-11-16-63(58(80)92-56-47(78)42(73)39(70)32(87-56)23-83-52-48(79)43(74)50(31(20-64)86-52)90-54-45(76)40(71)36(67)25(2)84-54)18-17-61(7)27(28(63)19-24)9-10-34-60(6)14-13-35(59(4,5)33(60)12-15-62(34,61)8)88-57-51(91-55-46(77)41(72)37(68)26(3)85-55)49(30(66)22-82-57)89-53-44(75)38(69)29(65)21-81-53/h9,25-26,28-57,64-79H,1,10-23H2,2-8H3. The van der Waals surface area contributed by atoms with Crippen molar-refractivity contribution in [1.82, 2.24) is 0 Å². The van der Waals surface area contributed by atoms with E-state index in [2.05, 4.69) is 47.3 Å². The molecule has 10 fully saturated rings. The maximum Gasteiger partial charge on any atom is 0.315 e. The Morgan fingerprint density at radius 1 is 0.543 bits per heavy atom. The van der Waals surface area contributed by atoms with E-state index in [1.165, 1.54) is 13.8 Å². The molecule has 36 atom stereocenters. The van der Waals surface area contributed by atoms with Crippen molar-refractivity contribution in [3.63, 3.8) is 0 Å². The van der Waals surface area contributed by atoms with Gasteiger partial charge in [0.2, 0.25) is 6.29 Å². The van der Waals surface area contributed by atoms with Crippen molar-refractivity contribution in [3.05, 3.63) is 23.8 Å². The van der Waals surface area contributed by atoms with Crippen molar-refractivity contribution >= 4 is 5.97 Å². The highest BCUT2D eigenvalue weighted by Crippen LogP contribution is 2.76. The molecule has 0 bridgehead atoms. The minimum absolute atomic E-state index is 0.0781. The molecule has 526 valence electrons. The summed E-state index contributed by atoms with van der Waals surface area (Å²) in [6, 6.07) is 0. The molecule has 0 aromatic heterocycles. The zero-order chi connectivity index (χ0) is 66.8. The van der Waals surface area contributed by atoms with Crippen molar-refractivity contribution in [2.24, 2.45) is 44.8 Å². The number of allylic oxidation sites excluding steroid dienone is 3. The summed E-state index contributed by atoms with van der Waals surface area (Å²) in [6.07, 6.45) is -36.6. The highest BCUT2D eigenvalue weighted by atomic mass is 16.8. The summed E-state index contributed by atoms with van der Waals surface area (Å²) in [5.41, 5.74) is -0.506. The molecule has 11 rings (SSSR count). The van der Waals surface area contributed by atoms with Crippen LogP contribution in [0.3, 0.4) is 0 Å². The van der Waals surface area contributed by atoms with Gasteiger partial charge in [0, 0.05) is 5.92 Å². The van der Waals surface area contributed by atoms with Crippen molar-refractivity contribution in [3.8, 4) is 0 Å². The first-order valence-electron chi connectivity index (χ1n) is 32.7. The molecule has 5 aliphatic carbocycles. The third-order valence-electron chi connectivity index (χ3n) is 24.2. The largest absolute Gasteiger partial charge is 0.432 e. The van der Waals surface area contributed by atoms with Crippen molar-refractivity contribution < 1.29 is 143 Å². The van der Waals surface area contributed by atoms with Gasteiger partial charge >= 0.3 is 5.97 Å². The van der Waals surface area contributed by atoms with Crippen LogP contribution in [0.25, 0.3) is 0 Å². The van der Waals surface area contributed by atoms with Crippen LogP contribution in [0.2, 0.25) is 0 Å². The SMILES string of the molecule is C=C1CCC2(C(=O)OC3OC(COC4OC(CO)C(OC5OC(C)C(O)C(O)C5O)C(O)C4O)C(O)C(O)C3O)CCC3(C)C(=CCC4C5(C)CCC(OC6OCC(O)C(OC7OCC(O)C(O)C7O)C6OC6OC(C)C(O)C(O)C6O)C(C)(C)C5CCC43C)C2C1. The molecule has 4 saturated carbocycles. The summed E-state index contributed by atoms with van der Waals surface area (Å²) >= 11 is 0. The number of hydrogen-bond acceptors (Lipinski definition) is 29. The normalized spacial score (nSPS) is 54.6. The maximum atomic E-state index is 15.2. The van der Waals surface area contributed by atoms with Crippen LogP contribution in [0, 0.1) is 44.8 Å². The van der Waals surface area contributed by atoms with Crippen LogP contribution in [-0.4, -0.2) is 292 Å². The van der Waals surface area contributed by atoms with Gasteiger partial charge < -0.3 is 139 Å². The van der Waals surface area contributed by atoms with E-state index in [4.69, 9.17) is 56.8 Å². The van der Waals surface area contributed by atoms with Gasteiger partial charge in [-0.15, -0.1) is 0 Å². The first-order valence-corrected chi connectivity index (χ1v) is 32.7. The molecule has 6 aliphatic heterocycles. The van der Waals surface area contributed by atoms with Gasteiger partial charge in [0.25, 0.3) is 0 Å². The lowest BCUT2D eigenvalue weighted by Crippen LogP contribution is -2.66. The highest BCUT2D eigenvalue weighted by molar-refractivity contribution is 5.79. The number of rotatable bonds is 14. The average Bonchev–Trinajstić information content (AvgIpc) is 0.678. The quantitative estimate of drug-likeness (QED) is 0.0455. The Balaban J connectivity index is 0.777. The summed E-state index contributed by atoms with van der Waals surface area (Å²) in [6.45, 7) is 16.5. The van der Waals surface area contributed by atoms with Gasteiger partial charge in [-0.05, 0) is 112 Å². The van der Waals surface area contributed by atoms with E-state index in [0.29, 0.717) is 44.9 Å². The van der Waals surface area contributed by atoms with Gasteiger partial charge in [-0.25, -0.2) is 0 Å². The van der Waals surface area contributed by atoms with Crippen molar-refractivity contribution in [1.29, 1.82) is 0 Å². The Morgan fingerprint density at radius 3 is 1.76 bits per heavy atom. The van der Waals surface area contributed by atoms with Crippen molar-refractivity contribution in [2.75, 3.05) is 26.4 Å². The molecule has 11 aliphatic rings. The van der Waals surface area contributed by atoms with Crippen LogP contribution in [0.5, 0.6) is 0 Å². The molecule has 0 aromatic rings. The van der Waals surface area contributed by atoms with Gasteiger partial charge in [0.1, 0.15) is 122 Å². The van der Waals surface area contributed by atoms with E-state index >= 15 is 4.79 Å². The zero-order valence-corrected chi connectivity index (χ0v) is 53.1. The van der Waals surface area contributed by atoms with Crippen LogP contribution in [0.4, 0.5) is 0 Å². The topological polar surface area (TPSA) is 452 Å². The molecule has 16 N–H and O–H groups in total. The summed E-state index contributed by atoms with van der Waals surface area (Å²) in [4.78, 5) is 15.2. The fraction of sp³-hybridized carbons (Fsp3) is 0.921. The van der Waals surface area contributed by atoms with Gasteiger partial charge in [-0.1, -0.05) is 58.4 Å². The molecule has 0 amide bonds. The fourth-order valence-corrected chi connectivity index (χ4v) is 18.3. The molecule has 36 unspecified atom stereocenters. The number of carbonyl (C=O) groups is 1. The van der Waals surface area contributed by atoms with Crippen LogP contribution in [0.1, 0.15) is 113 Å². The van der Waals surface area contributed by atoms with Crippen LogP contribution in [-0.2, 0) is 61.6 Å². The maximum absolute atomic E-state index is 15.2. The highest BCUT2D eigenvalue weighted by Gasteiger charge is 2.70. The van der Waals surface area contributed by atoms with Gasteiger partial charge in [-0.3, -0.25) is 4.79 Å². The fourth-order valence-electron chi connectivity index (χ4n) is 18.3. The summed E-state index contributed by atoms with van der Waals surface area (Å²) in [5.74, 6) is -0.783. The summed E-state index contributed by atoms with van der Waals surface area (Å²) < 4.78 is 72.1. The van der Waals surface area contributed by atoms with Gasteiger partial charge in [0.05, 0.1) is 50.2 Å². The van der Waals surface area contributed by atoms with Crippen LogP contribution >= 0.6 is 0 Å². The lowest BCUT2D eigenvalue weighted by molar-refractivity contribution is -0.383. The number of hydrogen-bond donors (Lipinski definition) is 16. The summed E-state index contributed by atoms with van der Waals surface area (Å²) in [5, 5.41) is 173. The first kappa shape index (κ1) is 71.2. The van der Waals surface area contributed by atoms with E-state index in [-0.39, 0.29) is 35.2 Å². The Bertz CT molecular complexity index is 2620. The molecule has 0 aromatic carbocycles. The summed E-state index contributed by atoms with van der Waals surface area (Å²) in [7, 11) is 0. The van der Waals surface area contributed by atoms with Gasteiger partial charge in [-0.2, -0.15) is 0 Å². The Labute approximate surface area is 533 Å². The number of fused-ring (bicyclic) bond motifs is 7. The molecule has 0 radical (unpaired) electrons. The Hall–Kier alpha value is -2.13. The van der Waals surface area contributed by atoms with E-state index in [1.54, 1.807) is 0 Å². The number of ether oxygens (including phenoxy) is 12. The van der Waals surface area contributed by atoms with Crippen LogP contribution in [0.15, 0.2) is 23.8 Å². The third-order valence-corrected chi connectivity index (χ3v) is 24.2. The number of carbonyl (C=O) groups excluding carboxylic acids is 1. The molecule has 29 heteroatoms. The third kappa shape index (κ3) is 12.1. The molecular weight excluding hydrogens is 1220 g/mol. The van der Waals surface area contributed by atoms with E-state index in [1.807, 2.05) is 0 Å². The predicted octanol–water partition coefficient (Wildman–Crippen LogP) is -3.52. The predicted molar refractivity (Wildman–Crippen MR) is 309 cm³/mol. The van der Waals surface area contributed by atoms with E-state index in [0.717, 1.165) is 30.4 Å². The molecule has 0 spiro atoms. The first-order chi connectivity index (χ1) is 43.2. The van der Waals surface area contributed by atoms with Gasteiger partial charge in [0.15, 0.2) is 31.5 Å². The van der Waals surface area contributed by atoms with E-state index < -0.39 is 220 Å². The molecule has 6 heterocycles. The molecular formula is C63H100O29. The lowest BCUT2D eigenvalue weighted by atomic mass is 9.34. The van der Waals surface area contributed by atoms with Crippen molar-refractivity contribution in [2.45, 2.75) is 291 Å². The minimum atomic E-state index is -1.92. The molecule has 29 nitrogen and oxygen atoms in total. The van der Waals surface area contributed by atoms with E-state index in [9.17, 15) is 81.7 Å². The number of esters is 1. The monoisotopic (exact) mass is 1320 g/mol. The number of aliphatic hydroxyl groups excluding tert-OH is 16. The Morgan fingerprint density at radius 2 is 1.11 bits per heavy atom. The minimum Gasteiger partial charge on any atom is -0.432 e. The average molecular weight is 1320 g/mol. The van der Waals surface area contributed by atoms with Crippen LogP contribution < -0.4 is 0 Å². The number of aliphatic hydroxyl groups is 16. The molecule has 6 saturated heterocycles. The molecule has 92 heavy (non-hydrogen) atoms. The zero-order valence-electron chi connectivity index (χ0n) is 53.1. The lowest BCUT2D eigenvalue weighted by Gasteiger charge is -2.71. The Kier molecular flexibility index (Phi) is 20.8. The second-order valence-corrected chi connectivity index (χ2v) is 29.6.